The number of carbonyl (C=O) groups is 2. The number of hydrogen-bond donors (Lipinski definition) is 4. The van der Waals surface area contributed by atoms with Crippen LogP contribution in [0.2, 0.25) is 0 Å². The third-order valence-electron chi connectivity index (χ3n) is 4.99. The minimum Gasteiger partial charge on any atom is -0.391 e. The molecule has 0 unspecified atom stereocenters. The van der Waals surface area contributed by atoms with Crippen LogP contribution in [0, 0.1) is 5.82 Å². The number of benzene rings is 1. The largest absolute Gasteiger partial charge is 0.391 e. The number of piperazine rings is 1. The van der Waals surface area contributed by atoms with Gasteiger partial charge in [0, 0.05) is 43.6 Å². The summed E-state index contributed by atoms with van der Waals surface area (Å²) in [6, 6.07) is 7.35. The zero-order chi connectivity index (χ0) is 21.7. The number of halogens is 1. The van der Waals surface area contributed by atoms with Crippen molar-refractivity contribution < 1.29 is 24.3 Å². The molecule has 3 amide bonds. The predicted molar refractivity (Wildman–Crippen MR) is 107 cm³/mol. The molecule has 160 valence electrons. The van der Waals surface area contributed by atoms with Crippen molar-refractivity contribution in [2.45, 2.75) is 19.1 Å². The number of aliphatic hydroxyl groups is 1. The molecule has 1 aliphatic heterocycles. The molecule has 0 spiro atoms. The first-order chi connectivity index (χ1) is 14.4. The predicted octanol–water partition coefficient (Wildman–Crippen LogP) is 0.974. The molecule has 1 saturated heterocycles. The first-order valence-electron chi connectivity index (χ1n) is 9.52. The molecule has 30 heavy (non-hydrogen) atoms. The second kappa shape index (κ2) is 9.51. The lowest BCUT2D eigenvalue weighted by atomic mass is 10.1. The molecule has 2 aromatic rings. The average molecular weight is 417 g/mol. The van der Waals surface area contributed by atoms with E-state index in [1.54, 1.807) is 11.1 Å². The molecule has 10 heteroatoms. The van der Waals surface area contributed by atoms with Gasteiger partial charge in [0.15, 0.2) is 0 Å². The van der Waals surface area contributed by atoms with Crippen LogP contribution in [0.4, 0.5) is 14.9 Å². The molecule has 1 aromatic carbocycles. The van der Waals surface area contributed by atoms with E-state index in [-0.39, 0.29) is 5.82 Å². The number of rotatable bonds is 5. The molecule has 2 atom stereocenters. The molecule has 3 rings (SSSR count). The van der Waals surface area contributed by atoms with Gasteiger partial charge in [0.2, 0.25) is 0 Å². The zero-order valence-electron chi connectivity index (χ0n) is 16.5. The number of anilines is 1. The monoisotopic (exact) mass is 417 g/mol. The van der Waals surface area contributed by atoms with Crippen molar-refractivity contribution in [1.82, 2.24) is 20.7 Å². The number of carbonyl (C=O) groups excluding carboxylic acids is 2. The Kier molecular flexibility index (Phi) is 6.80. The van der Waals surface area contributed by atoms with Gasteiger partial charge >= 0.3 is 6.03 Å². The Balaban J connectivity index is 1.57. The second-order valence-corrected chi connectivity index (χ2v) is 7.06. The molecule has 0 radical (unpaired) electrons. The first kappa shape index (κ1) is 21.5. The summed E-state index contributed by atoms with van der Waals surface area (Å²) in [6.45, 7) is 3.37. The lowest BCUT2D eigenvalue weighted by Gasteiger charge is -2.36. The molecule has 1 aromatic heterocycles. The highest BCUT2D eigenvalue weighted by Crippen LogP contribution is 2.24. The Morgan fingerprint density at radius 2 is 1.77 bits per heavy atom. The fraction of sp³-hybridized carbons (Fsp3) is 0.350. The maximum atomic E-state index is 13.4. The fourth-order valence-corrected chi connectivity index (χ4v) is 3.30. The van der Waals surface area contributed by atoms with E-state index in [2.05, 4.69) is 15.2 Å². The maximum absolute atomic E-state index is 13.4. The van der Waals surface area contributed by atoms with Crippen LogP contribution in [0.5, 0.6) is 0 Å². The van der Waals surface area contributed by atoms with E-state index < -0.39 is 24.1 Å². The third kappa shape index (κ3) is 5.02. The lowest BCUT2D eigenvalue weighted by Crippen LogP contribution is -2.58. The second-order valence-electron chi connectivity index (χ2n) is 7.06. The molecule has 0 bridgehead atoms. The quantitative estimate of drug-likeness (QED) is 0.425. The maximum Gasteiger partial charge on any atom is 0.318 e. The van der Waals surface area contributed by atoms with E-state index in [9.17, 15) is 19.1 Å². The molecule has 9 nitrogen and oxygen atoms in total. The van der Waals surface area contributed by atoms with Gasteiger partial charge in [-0.15, -0.1) is 0 Å². The van der Waals surface area contributed by atoms with Gasteiger partial charge < -0.3 is 20.2 Å². The number of aliphatic hydroxyl groups excluding tert-OH is 1. The Labute approximate surface area is 173 Å². The van der Waals surface area contributed by atoms with Crippen molar-refractivity contribution in [3.05, 3.63) is 48.5 Å². The molecular weight excluding hydrogens is 393 g/mol. The first-order valence-corrected chi connectivity index (χ1v) is 9.52. The molecule has 2 heterocycles. The zero-order valence-corrected chi connectivity index (χ0v) is 16.5. The SMILES string of the molecule is C[C@@H](O)[C@H](NC(=O)N1CCN(c2ccc(-c3cncc(F)c3)cc2)CC1)C(=O)NO. The smallest absolute Gasteiger partial charge is 0.318 e. The number of hydroxylamine groups is 1. The molecule has 1 fully saturated rings. The molecule has 0 aliphatic carbocycles. The van der Waals surface area contributed by atoms with Crippen molar-refractivity contribution in [3.8, 4) is 11.1 Å². The van der Waals surface area contributed by atoms with Crippen LogP contribution < -0.4 is 15.7 Å². The highest BCUT2D eigenvalue weighted by molar-refractivity contribution is 5.87. The Morgan fingerprint density at radius 1 is 1.10 bits per heavy atom. The van der Waals surface area contributed by atoms with Gasteiger partial charge in [0.1, 0.15) is 11.9 Å². The summed E-state index contributed by atoms with van der Waals surface area (Å²) in [5.74, 6) is -1.27. The normalized spacial score (nSPS) is 16.0. The average Bonchev–Trinajstić information content (AvgIpc) is 2.77. The van der Waals surface area contributed by atoms with Gasteiger partial charge in [-0.25, -0.2) is 14.7 Å². The highest BCUT2D eigenvalue weighted by atomic mass is 19.1. The van der Waals surface area contributed by atoms with Crippen LogP contribution in [0.25, 0.3) is 11.1 Å². The number of aromatic nitrogens is 1. The number of hydrogen-bond acceptors (Lipinski definition) is 6. The van der Waals surface area contributed by atoms with Crippen LogP contribution in [-0.4, -0.2) is 70.5 Å². The van der Waals surface area contributed by atoms with Gasteiger partial charge in [-0.2, -0.15) is 0 Å². The van der Waals surface area contributed by atoms with E-state index in [0.29, 0.717) is 31.7 Å². The van der Waals surface area contributed by atoms with E-state index in [0.717, 1.165) is 17.4 Å². The molecular formula is C20H24FN5O4. The summed E-state index contributed by atoms with van der Waals surface area (Å²) < 4.78 is 13.4. The minimum atomic E-state index is -1.25. The van der Waals surface area contributed by atoms with Crippen molar-refractivity contribution in [3.63, 3.8) is 0 Å². The van der Waals surface area contributed by atoms with E-state index >= 15 is 0 Å². The van der Waals surface area contributed by atoms with E-state index in [4.69, 9.17) is 5.21 Å². The van der Waals surface area contributed by atoms with Gasteiger partial charge in [-0.05, 0) is 30.7 Å². The number of urea groups is 1. The van der Waals surface area contributed by atoms with Crippen LogP contribution in [-0.2, 0) is 4.79 Å². The van der Waals surface area contributed by atoms with Crippen molar-refractivity contribution in [2.24, 2.45) is 0 Å². The summed E-state index contributed by atoms with van der Waals surface area (Å²) >= 11 is 0. The van der Waals surface area contributed by atoms with Crippen LogP contribution in [0.3, 0.4) is 0 Å². The van der Waals surface area contributed by atoms with Gasteiger partial charge in [-0.1, -0.05) is 12.1 Å². The van der Waals surface area contributed by atoms with Crippen LogP contribution in [0.1, 0.15) is 6.92 Å². The van der Waals surface area contributed by atoms with Crippen LogP contribution >= 0.6 is 0 Å². The van der Waals surface area contributed by atoms with Crippen molar-refractivity contribution in [1.29, 1.82) is 0 Å². The minimum absolute atomic E-state index is 0.389. The van der Waals surface area contributed by atoms with E-state index in [1.165, 1.54) is 18.5 Å². The Morgan fingerprint density at radius 3 is 2.33 bits per heavy atom. The summed E-state index contributed by atoms with van der Waals surface area (Å²) in [7, 11) is 0. The summed E-state index contributed by atoms with van der Waals surface area (Å²) in [6.07, 6.45) is 1.61. The van der Waals surface area contributed by atoms with Crippen molar-refractivity contribution in [2.75, 3.05) is 31.1 Å². The number of nitrogens with zero attached hydrogens (tertiary/aromatic N) is 3. The summed E-state index contributed by atoms with van der Waals surface area (Å²) in [5, 5.41) is 20.8. The number of pyridine rings is 1. The molecule has 0 saturated carbocycles. The third-order valence-corrected chi connectivity index (χ3v) is 4.99. The standard InChI is InChI=1S/C20H24FN5O4/c1-13(27)18(19(28)24-30)23-20(29)26-8-6-25(7-9-26)17-4-2-14(3-5-17)15-10-16(21)12-22-11-15/h2-5,10-13,18,27,30H,6-9H2,1H3,(H,23,29)(H,24,28)/t13-,18+/m1/s1. The van der Waals surface area contributed by atoms with Crippen molar-refractivity contribution >= 4 is 17.6 Å². The van der Waals surface area contributed by atoms with Gasteiger partial charge in [0.05, 0.1) is 12.3 Å². The molecule has 4 N–H and O–H groups in total. The van der Waals surface area contributed by atoms with Crippen LogP contribution in [0.15, 0.2) is 42.7 Å². The lowest BCUT2D eigenvalue weighted by molar-refractivity contribution is -0.133. The summed E-state index contributed by atoms with van der Waals surface area (Å²) in [4.78, 5) is 31.5. The van der Waals surface area contributed by atoms with E-state index in [1.807, 2.05) is 24.3 Å². The summed E-state index contributed by atoms with van der Waals surface area (Å²) in [5.41, 5.74) is 3.97. The Hall–Kier alpha value is -3.24. The molecule has 1 aliphatic rings. The number of amides is 3. The van der Waals surface area contributed by atoms with Gasteiger partial charge in [-0.3, -0.25) is 15.0 Å². The van der Waals surface area contributed by atoms with Gasteiger partial charge in [0.25, 0.3) is 5.91 Å². The topological polar surface area (TPSA) is 118 Å². The fourth-order valence-electron chi connectivity index (χ4n) is 3.30. The Bertz CT molecular complexity index is 885. The number of nitrogens with one attached hydrogen (secondary N) is 2. The highest BCUT2D eigenvalue weighted by Gasteiger charge is 2.29.